The minimum atomic E-state index is -3.89. The molecule has 0 fully saturated rings. The highest BCUT2D eigenvalue weighted by Crippen LogP contribution is 2.30. The van der Waals surface area contributed by atoms with E-state index < -0.39 is 22.3 Å². The van der Waals surface area contributed by atoms with Gasteiger partial charge in [-0.15, -0.1) is 5.11 Å². The third kappa shape index (κ3) is 7.65. The lowest BCUT2D eigenvalue weighted by atomic mass is 10.1. The van der Waals surface area contributed by atoms with Crippen molar-refractivity contribution in [3.05, 3.63) is 54.1 Å². The number of fused-ring (bicyclic) bond motifs is 1. The number of ether oxygens (including phenoxy) is 2. The molecule has 0 aliphatic carbocycles. The Morgan fingerprint density at radius 2 is 1.45 bits per heavy atom. The molecule has 2 aromatic carbocycles. The molecule has 2 aromatic rings. The zero-order valence-corrected chi connectivity index (χ0v) is 18.9. The van der Waals surface area contributed by atoms with Crippen molar-refractivity contribution in [2.24, 2.45) is 9.63 Å². The summed E-state index contributed by atoms with van der Waals surface area (Å²) < 4.78 is 37.7. The predicted molar refractivity (Wildman–Crippen MR) is 114 cm³/mol. The number of sulfonamides is 1. The van der Waals surface area contributed by atoms with Gasteiger partial charge in [0.05, 0.1) is 10.6 Å². The molecule has 0 saturated heterocycles. The fourth-order valence-corrected chi connectivity index (χ4v) is 2.80. The Hall–Kier alpha value is -2.74. The van der Waals surface area contributed by atoms with Gasteiger partial charge in [-0.3, -0.25) is 0 Å². The smallest absolute Gasteiger partial charge is 0.345 e. The van der Waals surface area contributed by atoms with Gasteiger partial charge in [0.25, 0.3) is 10.0 Å². The topological polar surface area (TPSA) is 94.4 Å². The second-order valence-corrected chi connectivity index (χ2v) is 6.33. The summed E-state index contributed by atoms with van der Waals surface area (Å²) in [6, 6.07) is 12.1. The van der Waals surface area contributed by atoms with E-state index in [1.54, 1.807) is 25.1 Å². The van der Waals surface area contributed by atoms with Crippen LogP contribution in [0.15, 0.2) is 63.1 Å². The highest BCUT2D eigenvalue weighted by Gasteiger charge is 2.25. The molecule has 0 aromatic heterocycles. The molecule has 29 heavy (non-hydrogen) atoms. The van der Waals surface area contributed by atoms with E-state index in [-0.39, 0.29) is 16.1 Å². The Labute approximate surface area is 173 Å². The van der Waals surface area contributed by atoms with Crippen LogP contribution in [0.4, 0.5) is 5.69 Å². The number of hydrogen-bond donors (Lipinski definition) is 0. The summed E-state index contributed by atoms with van der Waals surface area (Å²) in [6.45, 7) is 13.6. The summed E-state index contributed by atoms with van der Waals surface area (Å²) in [5.41, 5.74) is 0.384. The summed E-state index contributed by atoms with van der Waals surface area (Å²) >= 11 is 0. The van der Waals surface area contributed by atoms with E-state index in [0.717, 1.165) is 0 Å². The summed E-state index contributed by atoms with van der Waals surface area (Å²) in [5, 5.41) is 3.69. The summed E-state index contributed by atoms with van der Waals surface area (Å²) in [6.07, 6.45) is -0.666. The van der Waals surface area contributed by atoms with Crippen LogP contribution in [0.5, 0.6) is 5.75 Å². The Kier molecular flexibility index (Phi) is 12.2. The SMILES string of the molecule is CC.CC.CC.CC1OC(=O)c2cc(N=NS(=O)(=O)c3ccccc3)ccc2O1. The molecular formula is C21H30N2O5S. The molecule has 1 heterocycles. The fourth-order valence-electron chi connectivity index (χ4n) is 2.00. The van der Waals surface area contributed by atoms with Crippen molar-refractivity contribution in [3.8, 4) is 5.75 Å². The average Bonchev–Trinajstić information content (AvgIpc) is 2.77. The predicted octanol–water partition coefficient (Wildman–Crippen LogP) is 6.13. The molecule has 0 N–H and O–H groups in total. The second kappa shape index (κ2) is 13.4. The lowest BCUT2D eigenvalue weighted by Gasteiger charge is -2.22. The van der Waals surface area contributed by atoms with Gasteiger partial charge in [0, 0.05) is 6.92 Å². The van der Waals surface area contributed by atoms with Gasteiger partial charge < -0.3 is 9.47 Å². The van der Waals surface area contributed by atoms with Crippen molar-refractivity contribution in [1.82, 2.24) is 0 Å². The summed E-state index contributed by atoms with van der Waals surface area (Å²) in [7, 11) is -3.89. The normalized spacial score (nSPS) is 14.4. The number of nitrogens with zero attached hydrogens (tertiary/aromatic N) is 2. The van der Waals surface area contributed by atoms with Crippen LogP contribution < -0.4 is 4.74 Å². The van der Waals surface area contributed by atoms with Gasteiger partial charge in [0.1, 0.15) is 11.3 Å². The van der Waals surface area contributed by atoms with Crippen molar-refractivity contribution in [3.63, 3.8) is 0 Å². The van der Waals surface area contributed by atoms with Gasteiger partial charge in [0.15, 0.2) is 0 Å². The van der Waals surface area contributed by atoms with Crippen LogP contribution in [0.25, 0.3) is 0 Å². The summed E-state index contributed by atoms with van der Waals surface area (Å²) in [5.74, 6) is -0.194. The maximum atomic E-state index is 12.0. The highest BCUT2D eigenvalue weighted by atomic mass is 32.2. The molecule has 0 radical (unpaired) electrons. The van der Waals surface area contributed by atoms with E-state index in [2.05, 4.69) is 9.63 Å². The third-order valence-corrected chi connectivity index (χ3v) is 4.22. The maximum absolute atomic E-state index is 12.0. The third-order valence-electron chi connectivity index (χ3n) is 3.05. The molecule has 8 heteroatoms. The Balaban J connectivity index is 0.00000120. The van der Waals surface area contributed by atoms with Crippen LogP contribution in [0.2, 0.25) is 0 Å². The van der Waals surface area contributed by atoms with Crippen molar-refractivity contribution in [2.45, 2.75) is 59.7 Å². The minimum Gasteiger partial charge on any atom is -0.454 e. The van der Waals surface area contributed by atoms with Gasteiger partial charge >= 0.3 is 5.97 Å². The van der Waals surface area contributed by atoms with Crippen LogP contribution in [-0.4, -0.2) is 20.7 Å². The number of carbonyl (C=O) groups is 1. The average molecular weight is 423 g/mol. The largest absolute Gasteiger partial charge is 0.454 e. The first-order valence-corrected chi connectivity index (χ1v) is 11.1. The lowest BCUT2D eigenvalue weighted by Crippen LogP contribution is -2.26. The molecular weight excluding hydrogens is 392 g/mol. The number of hydrogen-bond acceptors (Lipinski definition) is 6. The minimum absolute atomic E-state index is 0.0401. The standard InChI is InChI=1S/C15H12N2O5S.3C2H6/c1-10-21-14-8-7-11(9-13(14)15(18)22-10)16-17-23(19,20)12-5-3-2-4-6-12;3*1-2/h2-10H,1H3;3*1-2H3. The first kappa shape index (κ1) is 26.3. The van der Waals surface area contributed by atoms with E-state index in [4.69, 9.17) is 9.47 Å². The molecule has 0 saturated carbocycles. The fraction of sp³-hybridized carbons (Fsp3) is 0.381. The van der Waals surface area contributed by atoms with Crippen LogP contribution in [-0.2, 0) is 14.8 Å². The number of rotatable bonds is 3. The molecule has 7 nitrogen and oxygen atoms in total. The van der Waals surface area contributed by atoms with E-state index in [9.17, 15) is 13.2 Å². The highest BCUT2D eigenvalue weighted by molar-refractivity contribution is 7.90. The zero-order chi connectivity index (χ0) is 22.4. The van der Waals surface area contributed by atoms with Crippen LogP contribution in [0.1, 0.15) is 58.8 Å². The molecule has 1 unspecified atom stereocenters. The second-order valence-electron chi connectivity index (χ2n) is 4.74. The molecule has 0 bridgehead atoms. The van der Waals surface area contributed by atoms with E-state index >= 15 is 0 Å². The van der Waals surface area contributed by atoms with Crippen molar-refractivity contribution in [1.29, 1.82) is 0 Å². The van der Waals surface area contributed by atoms with Gasteiger partial charge in [-0.1, -0.05) is 64.3 Å². The number of carbonyl (C=O) groups excluding carboxylic acids is 1. The molecule has 1 atom stereocenters. The monoisotopic (exact) mass is 422 g/mol. The maximum Gasteiger partial charge on any atom is 0.345 e. The number of esters is 1. The Morgan fingerprint density at radius 1 is 0.862 bits per heavy atom. The van der Waals surface area contributed by atoms with Crippen molar-refractivity contribution >= 4 is 21.7 Å². The molecule has 1 aliphatic rings. The van der Waals surface area contributed by atoms with Gasteiger partial charge in [-0.2, -0.15) is 8.42 Å². The summed E-state index contributed by atoms with van der Waals surface area (Å²) in [4.78, 5) is 11.8. The van der Waals surface area contributed by atoms with Gasteiger partial charge in [-0.25, -0.2) is 4.79 Å². The Morgan fingerprint density at radius 3 is 2.03 bits per heavy atom. The molecule has 1 aliphatic heterocycles. The zero-order valence-electron chi connectivity index (χ0n) is 18.0. The van der Waals surface area contributed by atoms with Gasteiger partial charge in [0.2, 0.25) is 6.29 Å². The molecule has 160 valence electrons. The van der Waals surface area contributed by atoms with Gasteiger partial charge in [-0.05, 0) is 30.3 Å². The lowest BCUT2D eigenvalue weighted by molar-refractivity contribution is -0.0488. The van der Waals surface area contributed by atoms with E-state index in [1.807, 2.05) is 41.5 Å². The van der Waals surface area contributed by atoms with Crippen molar-refractivity contribution < 1.29 is 22.7 Å². The molecule has 0 amide bonds. The van der Waals surface area contributed by atoms with Crippen LogP contribution in [0.3, 0.4) is 0 Å². The Bertz CT molecular complexity index is 881. The van der Waals surface area contributed by atoms with E-state index in [0.29, 0.717) is 5.75 Å². The van der Waals surface area contributed by atoms with Crippen LogP contribution >= 0.6 is 0 Å². The number of benzene rings is 2. The molecule has 0 spiro atoms. The van der Waals surface area contributed by atoms with Crippen LogP contribution in [0, 0.1) is 0 Å². The first-order chi connectivity index (χ1) is 14.0. The quantitative estimate of drug-likeness (QED) is 0.438. The molecule has 3 rings (SSSR count). The first-order valence-electron chi connectivity index (χ1n) is 9.70. The van der Waals surface area contributed by atoms with E-state index in [1.165, 1.54) is 30.3 Å². The van der Waals surface area contributed by atoms with Crippen molar-refractivity contribution in [2.75, 3.05) is 0 Å². The number of cyclic esters (lactones) is 1.